The molecule has 0 unspecified atom stereocenters. The zero-order valence-electron chi connectivity index (χ0n) is 18.5. The highest BCUT2D eigenvalue weighted by molar-refractivity contribution is 7.99. The van der Waals surface area contributed by atoms with Gasteiger partial charge in [-0.1, -0.05) is 36.0 Å². The van der Waals surface area contributed by atoms with E-state index < -0.39 is 4.92 Å². The predicted octanol–water partition coefficient (Wildman–Crippen LogP) is 4.59. The highest BCUT2D eigenvalue weighted by Crippen LogP contribution is 2.35. The molecule has 34 heavy (non-hydrogen) atoms. The van der Waals surface area contributed by atoms with Gasteiger partial charge in [-0.25, -0.2) is 0 Å². The molecular weight excluding hydrogens is 452 g/mol. The number of methoxy groups -OCH3 is 1. The van der Waals surface area contributed by atoms with E-state index >= 15 is 0 Å². The molecule has 1 amide bonds. The van der Waals surface area contributed by atoms with Crippen LogP contribution in [0.1, 0.15) is 15.9 Å². The quantitative estimate of drug-likeness (QED) is 0.381. The molecule has 4 rings (SSSR count). The molecule has 0 atom stereocenters. The van der Waals surface area contributed by atoms with Crippen LogP contribution in [0.25, 0.3) is 0 Å². The van der Waals surface area contributed by atoms with E-state index in [1.54, 1.807) is 29.2 Å². The fourth-order valence-corrected chi connectivity index (χ4v) is 4.88. The summed E-state index contributed by atoms with van der Waals surface area (Å²) in [7, 11) is 1.47. The summed E-state index contributed by atoms with van der Waals surface area (Å²) in [4.78, 5) is 29.8. The highest BCUT2D eigenvalue weighted by atomic mass is 32.2. The molecule has 0 spiro atoms. The number of hydrogen-bond donors (Lipinski definition) is 0. The SMILES string of the molecule is COc1ccc(N2CCN(C(=O)c3ccccc3Sc3ccccc3C#N)CC2)c([N+](=O)[O-])c1. The van der Waals surface area contributed by atoms with Gasteiger partial charge < -0.3 is 14.5 Å². The maximum absolute atomic E-state index is 13.4. The number of hydrogen-bond acceptors (Lipinski definition) is 7. The van der Waals surface area contributed by atoms with Crippen LogP contribution in [0.3, 0.4) is 0 Å². The van der Waals surface area contributed by atoms with Crippen LogP contribution in [0, 0.1) is 21.4 Å². The third kappa shape index (κ3) is 4.82. The molecule has 1 fully saturated rings. The monoisotopic (exact) mass is 474 g/mol. The van der Waals surface area contributed by atoms with Crippen molar-refractivity contribution >= 4 is 29.0 Å². The van der Waals surface area contributed by atoms with Crippen molar-refractivity contribution in [1.82, 2.24) is 4.90 Å². The van der Waals surface area contributed by atoms with Gasteiger partial charge in [-0.15, -0.1) is 0 Å². The Labute approximate surface area is 201 Å². The molecule has 0 aliphatic carbocycles. The topological polar surface area (TPSA) is 99.7 Å². The number of rotatable bonds is 6. The number of amides is 1. The Bertz CT molecular complexity index is 1270. The summed E-state index contributed by atoms with van der Waals surface area (Å²) in [5.41, 5.74) is 1.63. The van der Waals surface area contributed by atoms with E-state index in [1.165, 1.54) is 24.9 Å². The molecular formula is C25H22N4O4S. The number of nitrogens with zero attached hydrogens (tertiary/aromatic N) is 4. The fraction of sp³-hybridized carbons (Fsp3) is 0.200. The second kappa shape index (κ2) is 10.3. The summed E-state index contributed by atoms with van der Waals surface area (Å²) >= 11 is 1.40. The molecule has 1 saturated heterocycles. The van der Waals surface area contributed by atoms with Crippen molar-refractivity contribution in [2.75, 3.05) is 38.2 Å². The van der Waals surface area contributed by atoms with Crippen molar-refractivity contribution in [2.24, 2.45) is 0 Å². The molecule has 0 radical (unpaired) electrons. The van der Waals surface area contributed by atoms with Crippen LogP contribution in [-0.4, -0.2) is 49.0 Å². The van der Waals surface area contributed by atoms with E-state index in [9.17, 15) is 20.2 Å². The highest BCUT2D eigenvalue weighted by Gasteiger charge is 2.27. The van der Waals surface area contributed by atoms with Crippen LogP contribution in [0.15, 0.2) is 76.5 Å². The van der Waals surface area contributed by atoms with Crippen LogP contribution < -0.4 is 9.64 Å². The maximum atomic E-state index is 13.4. The molecule has 0 aromatic heterocycles. The first-order valence-electron chi connectivity index (χ1n) is 10.6. The zero-order valence-corrected chi connectivity index (χ0v) is 19.3. The number of benzene rings is 3. The summed E-state index contributed by atoms with van der Waals surface area (Å²) in [6, 6.07) is 21.7. The minimum Gasteiger partial charge on any atom is -0.496 e. The summed E-state index contributed by atoms with van der Waals surface area (Å²) < 4.78 is 5.12. The summed E-state index contributed by atoms with van der Waals surface area (Å²) in [6.45, 7) is 1.84. The van der Waals surface area contributed by atoms with Gasteiger partial charge in [-0.3, -0.25) is 14.9 Å². The lowest BCUT2D eigenvalue weighted by molar-refractivity contribution is -0.384. The average molecular weight is 475 g/mol. The Morgan fingerprint density at radius 1 is 1.03 bits per heavy atom. The van der Waals surface area contributed by atoms with Gasteiger partial charge in [0.1, 0.15) is 17.5 Å². The van der Waals surface area contributed by atoms with Gasteiger partial charge in [-0.05, 0) is 36.4 Å². The first-order chi connectivity index (χ1) is 16.5. The molecule has 3 aromatic carbocycles. The van der Waals surface area contributed by atoms with Gasteiger partial charge >= 0.3 is 0 Å². The van der Waals surface area contributed by atoms with Crippen LogP contribution in [0.5, 0.6) is 5.75 Å². The Morgan fingerprint density at radius 2 is 1.71 bits per heavy atom. The summed E-state index contributed by atoms with van der Waals surface area (Å²) in [6.07, 6.45) is 0. The Kier molecular flexibility index (Phi) is 6.99. The average Bonchev–Trinajstić information content (AvgIpc) is 2.88. The van der Waals surface area contributed by atoms with Crippen molar-refractivity contribution in [1.29, 1.82) is 5.26 Å². The second-order valence-corrected chi connectivity index (χ2v) is 8.68. The molecule has 0 saturated carbocycles. The van der Waals surface area contributed by atoms with E-state index in [0.717, 1.165) is 9.79 Å². The molecule has 0 N–H and O–H groups in total. The molecule has 1 aliphatic rings. The largest absolute Gasteiger partial charge is 0.496 e. The van der Waals surface area contributed by atoms with Crippen LogP contribution in [-0.2, 0) is 0 Å². The van der Waals surface area contributed by atoms with Crippen molar-refractivity contribution in [2.45, 2.75) is 9.79 Å². The summed E-state index contributed by atoms with van der Waals surface area (Å²) in [5.74, 6) is 0.331. The van der Waals surface area contributed by atoms with Crippen molar-refractivity contribution in [3.8, 4) is 11.8 Å². The smallest absolute Gasteiger partial charge is 0.296 e. The van der Waals surface area contributed by atoms with E-state index in [2.05, 4.69) is 6.07 Å². The fourth-order valence-electron chi connectivity index (χ4n) is 3.86. The molecule has 3 aromatic rings. The number of piperazine rings is 1. The van der Waals surface area contributed by atoms with Crippen molar-refractivity contribution in [3.63, 3.8) is 0 Å². The van der Waals surface area contributed by atoms with Crippen LogP contribution >= 0.6 is 11.8 Å². The van der Waals surface area contributed by atoms with Crippen molar-refractivity contribution < 1.29 is 14.5 Å². The standard InChI is InChI=1S/C25H22N4O4S/c1-33-19-10-11-21(22(16-19)29(31)32)27-12-14-28(15-13-27)25(30)20-7-3-5-9-24(20)34-23-8-4-2-6-18(23)17-26/h2-11,16H,12-15H2,1H3. The molecule has 1 aliphatic heterocycles. The van der Waals surface area contributed by atoms with Crippen LogP contribution in [0.2, 0.25) is 0 Å². The second-order valence-electron chi connectivity index (χ2n) is 7.60. The van der Waals surface area contributed by atoms with Gasteiger partial charge in [-0.2, -0.15) is 5.26 Å². The van der Waals surface area contributed by atoms with Crippen molar-refractivity contribution in [3.05, 3.63) is 88.0 Å². The third-order valence-corrected chi connectivity index (χ3v) is 6.78. The van der Waals surface area contributed by atoms with E-state index in [-0.39, 0.29) is 11.6 Å². The third-order valence-electron chi connectivity index (χ3n) is 5.63. The minimum atomic E-state index is -0.415. The molecule has 172 valence electrons. The van der Waals surface area contributed by atoms with Gasteiger partial charge in [0.2, 0.25) is 0 Å². The Hall–Kier alpha value is -4.03. The number of anilines is 1. The molecule has 8 nitrogen and oxygen atoms in total. The number of nitriles is 1. The zero-order chi connectivity index (χ0) is 24.1. The lowest BCUT2D eigenvalue weighted by atomic mass is 10.1. The molecule has 9 heteroatoms. The summed E-state index contributed by atoms with van der Waals surface area (Å²) in [5, 5.41) is 20.9. The van der Waals surface area contributed by atoms with E-state index in [1.807, 2.05) is 41.3 Å². The number of carbonyl (C=O) groups is 1. The van der Waals surface area contributed by atoms with Crippen LogP contribution in [0.4, 0.5) is 11.4 Å². The lowest BCUT2D eigenvalue weighted by Gasteiger charge is -2.36. The number of ether oxygens (including phenoxy) is 1. The minimum absolute atomic E-state index is 0.0166. The Balaban J connectivity index is 1.50. The Morgan fingerprint density at radius 3 is 2.38 bits per heavy atom. The van der Waals surface area contributed by atoms with Gasteiger partial charge in [0.15, 0.2) is 0 Å². The first-order valence-corrected chi connectivity index (χ1v) is 11.5. The molecule has 0 bridgehead atoms. The van der Waals surface area contributed by atoms with Gasteiger partial charge in [0.05, 0.1) is 29.2 Å². The molecule has 1 heterocycles. The number of nitro benzene ring substituents is 1. The van der Waals surface area contributed by atoms with Gasteiger partial charge in [0.25, 0.3) is 11.6 Å². The first kappa shape index (κ1) is 23.1. The van der Waals surface area contributed by atoms with E-state index in [0.29, 0.717) is 48.7 Å². The normalized spacial score (nSPS) is 13.3. The maximum Gasteiger partial charge on any atom is 0.296 e. The number of nitro groups is 1. The predicted molar refractivity (Wildman–Crippen MR) is 129 cm³/mol. The lowest BCUT2D eigenvalue weighted by Crippen LogP contribution is -2.49. The number of carbonyl (C=O) groups excluding carboxylic acids is 1. The van der Waals surface area contributed by atoms with Gasteiger partial charge in [0, 0.05) is 36.0 Å². The van der Waals surface area contributed by atoms with E-state index in [4.69, 9.17) is 4.74 Å².